The first kappa shape index (κ1) is 12.2. The highest BCUT2D eigenvalue weighted by molar-refractivity contribution is 5.47. The van der Waals surface area contributed by atoms with Gasteiger partial charge < -0.3 is 9.72 Å². The van der Waals surface area contributed by atoms with Gasteiger partial charge in [0.05, 0.1) is 11.8 Å². The lowest BCUT2D eigenvalue weighted by atomic mass is 10.2. The van der Waals surface area contributed by atoms with E-state index in [9.17, 15) is 0 Å². The topological polar surface area (TPSA) is 56.4 Å². The van der Waals surface area contributed by atoms with Gasteiger partial charge in [-0.1, -0.05) is 6.07 Å². The van der Waals surface area contributed by atoms with E-state index >= 15 is 0 Å². The summed E-state index contributed by atoms with van der Waals surface area (Å²) < 4.78 is 2.05. The van der Waals surface area contributed by atoms with Crippen molar-refractivity contribution in [3.63, 3.8) is 0 Å². The number of hydrogen-bond acceptors (Lipinski definition) is 4. The van der Waals surface area contributed by atoms with E-state index in [0.29, 0.717) is 0 Å². The van der Waals surface area contributed by atoms with Gasteiger partial charge in [0.15, 0.2) is 0 Å². The van der Waals surface area contributed by atoms with Crippen molar-refractivity contribution in [3.8, 4) is 6.07 Å². The second-order valence-electron chi connectivity index (χ2n) is 4.97. The van der Waals surface area contributed by atoms with Crippen LogP contribution in [0.3, 0.4) is 0 Å². The number of rotatable bonds is 2. The van der Waals surface area contributed by atoms with Crippen LogP contribution in [-0.2, 0) is 6.54 Å². The van der Waals surface area contributed by atoms with Gasteiger partial charge >= 0.3 is 0 Å². The van der Waals surface area contributed by atoms with Crippen molar-refractivity contribution in [2.24, 2.45) is 0 Å². The van der Waals surface area contributed by atoms with Crippen molar-refractivity contribution < 1.29 is 0 Å². The van der Waals surface area contributed by atoms with Crippen molar-refractivity contribution in [1.29, 1.82) is 5.26 Å². The molecule has 0 spiro atoms. The molecule has 5 heteroatoms. The van der Waals surface area contributed by atoms with E-state index in [1.165, 1.54) is 5.56 Å². The molecule has 98 valence electrons. The fourth-order valence-corrected chi connectivity index (χ4v) is 2.55. The molecular weight excluding hydrogens is 238 g/mol. The van der Waals surface area contributed by atoms with Gasteiger partial charge in [0, 0.05) is 38.6 Å². The Morgan fingerprint density at radius 1 is 1.58 bits per heavy atom. The maximum absolute atomic E-state index is 9.17. The molecule has 0 saturated carbocycles. The van der Waals surface area contributed by atoms with Crippen LogP contribution in [0.4, 0.5) is 0 Å². The van der Waals surface area contributed by atoms with Gasteiger partial charge in [-0.2, -0.15) is 5.26 Å². The maximum Gasteiger partial charge on any atom is 0.139 e. The third kappa shape index (κ3) is 2.33. The molecular formula is C14H17N5. The lowest BCUT2D eigenvalue weighted by Gasteiger charge is -2.31. The van der Waals surface area contributed by atoms with Crippen LogP contribution in [0.15, 0.2) is 24.5 Å². The first-order valence-corrected chi connectivity index (χ1v) is 6.55. The average molecular weight is 255 g/mol. The van der Waals surface area contributed by atoms with E-state index in [4.69, 9.17) is 5.26 Å². The van der Waals surface area contributed by atoms with Crippen LogP contribution in [0, 0.1) is 18.3 Å². The lowest BCUT2D eigenvalue weighted by molar-refractivity contribution is 0.187. The fourth-order valence-electron chi connectivity index (χ4n) is 2.55. The average Bonchev–Trinajstić information content (AvgIpc) is 2.83. The van der Waals surface area contributed by atoms with Gasteiger partial charge in [0.25, 0.3) is 0 Å². The van der Waals surface area contributed by atoms with Crippen LogP contribution in [0.5, 0.6) is 0 Å². The van der Waals surface area contributed by atoms with Gasteiger partial charge in [-0.15, -0.1) is 0 Å². The Labute approximate surface area is 112 Å². The fraction of sp³-hybridized carbons (Fsp3) is 0.429. The molecule has 5 nitrogen and oxygen atoms in total. The molecule has 1 aliphatic rings. The number of pyridine rings is 1. The predicted molar refractivity (Wildman–Crippen MR) is 72.6 cm³/mol. The van der Waals surface area contributed by atoms with Gasteiger partial charge in [-0.3, -0.25) is 4.90 Å². The minimum atomic E-state index is -0.0559. The second kappa shape index (κ2) is 5.00. The highest BCUT2D eigenvalue weighted by Gasteiger charge is 2.22. The Bertz CT molecular complexity index is 624. The molecule has 1 fully saturated rings. The van der Waals surface area contributed by atoms with Gasteiger partial charge in [-0.05, 0) is 18.6 Å². The minimum absolute atomic E-state index is 0.0559. The van der Waals surface area contributed by atoms with Gasteiger partial charge in [0.1, 0.15) is 11.7 Å². The summed E-state index contributed by atoms with van der Waals surface area (Å²) in [5.41, 5.74) is 3.20. The number of nitriles is 1. The van der Waals surface area contributed by atoms with E-state index in [1.807, 2.05) is 16.7 Å². The highest BCUT2D eigenvalue weighted by Crippen LogP contribution is 2.13. The number of fused-ring (bicyclic) bond motifs is 1. The number of hydrogen-bond donors (Lipinski definition) is 1. The molecule has 0 bridgehead atoms. The summed E-state index contributed by atoms with van der Waals surface area (Å²) in [6.07, 6.45) is 4.07. The van der Waals surface area contributed by atoms with Gasteiger partial charge in [0.2, 0.25) is 0 Å². The highest BCUT2D eigenvalue weighted by atomic mass is 15.2. The van der Waals surface area contributed by atoms with Crippen LogP contribution < -0.4 is 5.32 Å². The normalized spacial score (nSPS) is 20.5. The Hall–Kier alpha value is -1.90. The molecule has 19 heavy (non-hydrogen) atoms. The quantitative estimate of drug-likeness (QED) is 0.867. The number of nitrogens with one attached hydrogen (secondary N) is 1. The van der Waals surface area contributed by atoms with E-state index in [-0.39, 0.29) is 6.04 Å². The summed E-state index contributed by atoms with van der Waals surface area (Å²) in [4.78, 5) is 6.85. The summed E-state index contributed by atoms with van der Waals surface area (Å²) in [5, 5.41) is 12.4. The van der Waals surface area contributed by atoms with Crippen LogP contribution in [-0.4, -0.2) is 40.0 Å². The first-order valence-electron chi connectivity index (χ1n) is 6.55. The zero-order valence-corrected chi connectivity index (χ0v) is 11.0. The van der Waals surface area contributed by atoms with E-state index in [2.05, 4.69) is 40.5 Å². The molecule has 0 amide bonds. The number of aromatic nitrogens is 2. The van der Waals surface area contributed by atoms with Crippen LogP contribution in [0.2, 0.25) is 0 Å². The molecule has 2 aromatic heterocycles. The Kier molecular flexibility index (Phi) is 3.20. The standard InChI is InChI=1S/C14H17N5/c1-11-3-2-5-19-10-12(17-14(11)19)9-18-6-4-16-8-13(18)7-15/h2-3,5,10,13,16H,4,6,8-9H2,1H3. The molecule has 1 saturated heterocycles. The molecule has 2 aromatic rings. The van der Waals surface area contributed by atoms with E-state index in [1.54, 1.807) is 0 Å². The number of imidazole rings is 1. The molecule has 1 aliphatic heterocycles. The van der Waals surface area contributed by atoms with E-state index in [0.717, 1.165) is 37.5 Å². The molecule has 0 radical (unpaired) electrons. The van der Waals surface area contributed by atoms with Crippen molar-refractivity contribution in [1.82, 2.24) is 19.6 Å². The predicted octanol–water partition coefficient (Wildman–Crippen LogP) is 0.940. The molecule has 1 N–H and O–H groups in total. The van der Waals surface area contributed by atoms with Crippen molar-refractivity contribution >= 4 is 5.65 Å². The molecule has 0 aliphatic carbocycles. The minimum Gasteiger partial charge on any atom is -0.313 e. The lowest BCUT2D eigenvalue weighted by Crippen LogP contribution is -2.50. The van der Waals surface area contributed by atoms with Crippen molar-refractivity contribution in [2.45, 2.75) is 19.5 Å². The molecule has 1 atom stereocenters. The number of nitrogens with zero attached hydrogens (tertiary/aromatic N) is 4. The first-order chi connectivity index (χ1) is 9.28. The summed E-state index contributed by atoms with van der Waals surface area (Å²) in [5.74, 6) is 0. The summed E-state index contributed by atoms with van der Waals surface area (Å²) in [6.45, 7) is 5.37. The van der Waals surface area contributed by atoms with Gasteiger partial charge in [-0.25, -0.2) is 4.98 Å². The second-order valence-corrected chi connectivity index (χ2v) is 4.97. The summed E-state index contributed by atoms with van der Waals surface area (Å²) >= 11 is 0. The Balaban J connectivity index is 1.85. The smallest absolute Gasteiger partial charge is 0.139 e. The Morgan fingerprint density at radius 2 is 2.47 bits per heavy atom. The zero-order valence-electron chi connectivity index (χ0n) is 11.0. The van der Waals surface area contributed by atoms with Crippen molar-refractivity contribution in [3.05, 3.63) is 35.8 Å². The Morgan fingerprint density at radius 3 is 3.26 bits per heavy atom. The molecule has 3 rings (SSSR count). The third-order valence-electron chi connectivity index (χ3n) is 3.60. The third-order valence-corrected chi connectivity index (χ3v) is 3.60. The van der Waals surface area contributed by atoms with Crippen LogP contribution in [0.1, 0.15) is 11.3 Å². The zero-order chi connectivity index (χ0) is 13.2. The van der Waals surface area contributed by atoms with Crippen LogP contribution >= 0.6 is 0 Å². The summed E-state index contributed by atoms with van der Waals surface area (Å²) in [7, 11) is 0. The number of aryl methyl sites for hydroxylation is 1. The monoisotopic (exact) mass is 255 g/mol. The largest absolute Gasteiger partial charge is 0.313 e. The maximum atomic E-state index is 9.17. The van der Waals surface area contributed by atoms with Crippen LogP contribution in [0.25, 0.3) is 5.65 Å². The van der Waals surface area contributed by atoms with E-state index < -0.39 is 0 Å². The number of piperazine rings is 1. The molecule has 1 unspecified atom stereocenters. The van der Waals surface area contributed by atoms with Crippen molar-refractivity contribution in [2.75, 3.05) is 19.6 Å². The summed E-state index contributed by atoms with van der Waals surface area (Å²) in [6, 6.07) is 6.38. The SMILES string of the molecule is Cc1cccn2cc(CN3CCNCC3C#N)nc12. The molecule has 0 aromatic carbocycles. The molecule has 3 heterocycles.